The van der Waals surface area contributed by atoms with Crippen molar-refractivity contribution in [3.63, 3.8) is 0 Å². The van der Waals surface area contributed by atoms with Crippen LogP contribution in [0.4, 0.5) is 0 Å². The summed E-state index contributed by atoms with van der Waals surface area (Å²) in [5, 5.41) is 0. The Balaban J connectivity index is 1.85. The smallest absolute Gasteiger partial charge is 0.352 e. The van der Waals surface area contributed by atoms with Crippen molar-refractivity contribution in [1.82, 2.24) is 0 Å². The topological polar surface area (TPSA) is 122 Å². The van der Waals surface area contributed by atoms with E-state index in [0.29, 0.717) is 11.3 Å². The zero-order valence-electron chi connectivity index (χ0n) is 16.7. The predicted octanol–water partition coefficient (Wildman–Crippen LogP) is 2.48. The molecule has 0 saturated heterocycles. The number of benzene rings is 2. The van der Waals surface area contributed by atoms with Crippen LogP contribution in [0.15, 0.2) is 54.6 Å². The molecule has 9 nitrogen and oxygen atoms in total. The highest BCUT2D eigenvalue weighted by Gasteiger charge is 2.19. The molecule has 160 valence electrons. The molecule has 2 aromatic rings. The van der Waals surface area contributed by atoms with Crippen LogP contribution in [0.25, 0.3) is 6.08 Å². The van der Waals surface area contributed by atoms with Crippen LogP contribution < -0.4 is 9.47 Å². The minimum atomic E-state index is -1.10. The largest absolute Gasteiger partial charge is 0.450 e. The Labute approximate surface area is 177 Å². The highest BCUT2D eigenvalue weighted by Crippen LogP contribution is 2.19. The summed E-state index contributed by atoms with van der Waals surface area (Å²) >= 11 is 0. The second-order valence-electron chi connectivity index (χ2n) is 5.96. The van der Waals surface area contributed by atoms with Crippen molar-refractivity contribution in [2.45, 2.75) is 13.8 Å². The molecular weight excluding hydrogens is 408 g/mol. The van der Waals surface area contributed by atoms with Crippen LogP contribution in [0.1, 0.15) is 29.8 Å². The molecule has 9 heteroatoms. The number of hydrogen-bond donors (Lipinski definition) is 0. The number of hydrogen-bond acceptors (Lipinski definition) is 9. The molecule has 2 rings (SSSR count). The van der Waals surface area contributed by atoms with E-state index >= 15 is 0 Å². The molecule has 0 fully saturated rings. The van der Waals surface area contributed by atoms with Gasteiger partial charge in [-0.2, -0.15) is 0 Å². The predicted molar refractivity (Wildman–Crippen MR) is 106 cm³/mol. The Kier molecular flexibility index (Phi) is 8.21. The van der Waals surface area contributed by atoms with Gasteiger partial charge in [0.05, 0.1) is 0 Å². The summed E-state index contributed by atoms with van der Waals surface area (Å²) in [4.78, 5) is 57.6. The Morgan fingerprint density at radius 3 is 2.13 bits per heavy atom. The van der Waals surface area contributed by atoms with E-state index in [-0.39, 0.29) is 11.3 Å². The summed E-state index contributed by atoms with van der Waals surface area (Å²) in [6, 6.07) is 12.0. The zero-order chi connectivity index (χ0) is 22.8. The average Bonchev–Trinajstić information content (AvgIpc) is 2.71. The van der Waals surface area contributed by atoms with Gasteiger partial charge in [-0.15, -0.1) is 0 Å². The Hall–Kier alpha value is -4.27. The molecule has 0 aliphatic heterocycles. The highest BCUT2D eigenvalue weighted by molar-refractivity contribution is 6.00. The van der Waals surface area contributed by atoms with Gasteiger partial charge in [0, 0.05) is 19.9 Å². The van der Waals surface area contributed by atoms with E-state index in [1.54, 1.807) is 24.3 Å². The SMILES string of the molecule is CC(=O)Oc1ccc(C=CC(=O)OCC(=O)OC(=O)c2ccccc2OC(C)=O)cc1. The monoisotopic (exact) mass is 426 g/mol. The molecular formula is C22H18O9. The molecule has 0 radical (unpaired) electrons. The van der Waals surface area contributed by atoms with Gasteiger partial charge in [-0.3, -0.25) is 9.59 Å². The van der Waals surface area contributed by atoms with Crippen LogP contribution in [0.5, 0.6) is 11.5 Å². The summed E-state index contributed by atoms with van der Waals surface area (Å²) in [6.45, 7) is 1.64. The Morgan fingerprint density at radius 2 is 1.48 bits per heavy atom. The van der Waals surface area contributed by atoms with Gasteiger partial charge in [-0.25, -0.2) is 14.4 Å². The highest BCUT2D eigenvalue weighted by atomic mass is 16.6. The maximum absolute atomic E-state index is 12.1. The normalized spacial score (nSPS) is 10.3. The number of carbonyl (C=O) groups is 5. The van der Waals surface area contributed by atoms with Crippen molar-refractivity contribution in [2.75, 3.05) is 6.61 Å². The number of esters is 5. The lowest BCUT2D eigenvalue weighted by Crippen LogP contribution is -2.20. The molecule has 0 aromatic heterocycles. The molecule has 0 heterocycles. The van der Waals surface area contributed by atoms with E-state index in [2.05, 4.69) is 4.74 Å². The number of para-hydroxylation sites is 1. The van der Waals surface area contributed by atoms with Crippen molar-refractivity contribution in [3.05, 3.63) is 65.7 Å². The van der Waals surface area contributed by atoms with Crippen LogP contribution in [0.2, 0.25) is 0 Å². The van der Waals surface area contributed by atoms with Crippen LogP contribution >= 0.6 is 0 Å². The second kappa shape index (κ2) is 11.1. The standard InChI is InChI=1S/C22H18O9/c1-14(23)29-17-10-7-16(8-11-17)9-12-20(25)28-13-21(26)31-22(27)18-5-3-4-6-19(18)30-15(2)24/h3-12H,13H2,1-2H3. The summed E-state index contributed by atoms with van der Waals surface area (Å²) in [6.07, 6.45) is 2.50. The van der Waals surface area contributed by atoms with Crippen LogP contribution in [0.3, 0.4) is 0 Å². The zero-order valence-corrected chi connectivity index (χ0v) is 16.7. The molecule has 0 saturated carbocycles. The quantitative estimate of drug-likeness (QED) is 0.284. The molecule has 0 unspecified atom stereocenters. The van der Waals surface area contributed by atoms with Crippen LogP contribution in [-0.4, -0.2) is 36.5 Å². The third-order valence-corrected chi connectivity index (χ3v) is 3.45. The van der Waals surface area contributed by atoms with E-state index in [1.807, 2.05) is 0 Å². The minimum absolute atomic E-state index is 0.0625. The third kappa shape index (κ3) is 7.94. The maximum Gasteiger partial charge on any atom is 0.352 e. The fourth-order valence-electron chi connectivity index (χ4n) is 2.22. The fourth-order valence-corrected chi connectivity index (χ4v) is 2.22. The van der Waals surface area contributed by atoms with Crippen LogP contribution in [-0.2, 0) is 28.7 Å². The first-order valence-corrected chi connectivity index (χ1v) is 8.90. The van der Waals surface area contributed by atoms with Gasteiger partial charge in [-0.1, -0.05) is 24.3 Å². The Bertz CT molecular complexity index is 1020. The number of ether oxygens (including phenoxy) is 4. The molecule has 2 aromatic carbocycles. The third-order valence-electron chi connectivity index (χ3n) is 3.45. The lowest BCUT2D eigenvalue weighted by Gasteiger charge is -2.08. The molecule has 0 atom stereocenters. The average molecular weight is 426 g/mol. The second-order valence-corrected chi connectivity index (χ2v) is 5.96. The minimum Gasteiger partial charge on any atom is -0.450 e. The van der Waals surface area contributed by atoms with Gasteiger partial charge in [0.1, 0.15) is 17.1 Å². The van der Waals surface area contributed by atoms with Crippen molar-refractivity contribution in [1.29, 1.82) is 0 Å². The molecule has 0 bridgehead atoms. The first kappa shape index (κ1) is 23.0. The molecule has 0 aliphatic carbocycles. The van der Waals surface area contributed by atoms with E-state index in [0.717, 1.165) is 13.0 Å². The van der Waals surface area contributed by atoms with Gasteiger partial charge in [-0.05, 0) is 35.9 Å². The molecule has 0 aliphatic rings. The van der Waals surface area contributed by atoms with Crippen molar-refractivity contribution in [3.8, 4) is 11.5 Å². The Morgan fingerprint density at radius 1 is 0.839 bits per heavy atom. The first-order chi connectivity index (χ1) is 14.7. The summed E-state index contributed by atoms with van der Waals surface area (Å²) in [5.74, 6) is -3.80. The van der Waals surface area contributed by atoms with Gasteiger partial charge in [0.15, 0.2) is 6.61 Å². The van der Waals surface area contributed by atoms with E-state index in [1.165, 1.54) is 37.3 Å². The molecule has 0 N–H and O–H groups in total. The van der Waals surface area contributed by atoms with Crippen molar-refractivity contribution < 1.29 is 42.9 Å². The van der Waals surface area contributed by atoms with Gasteiger partial charge >= 0.3 is 29.8 Å². The van der Waals surface area contributed by atoms with Crippen molar-refractivity contribution >= 4 is 35.9 Å². The first-order valence-electron chi connectivity index (χ1n) is 8.90. The van der Waals surface area contributed by atoms with E-state index in [4.69, 9.17) is 14.2 Å². The number of carbonyl (C=O) groups excluding carboxylic acids is 5. The molecule has 0 spiro atoms. The van der Waals surface area contributed by atoms with Crippen LogP contribution in [0, 0.1) is 0 Å². The van der Waals surface area contributed by atoms with Crippen molar-refractivity contribution in [2.24, 2.45) is 0 Å². The lowest BCUT2D eigenvalue weighted by molar-refractivity contribution is -0.152. The summed E-state index contributed by atoms with van der Waals surface area (Å²) < 4.78 is 19.1. The van der Waals surface area contributed by atoms with Gasteiger partial charge < -0.3 is 18.9 Å². The molecule has 31 heavy (non-hydrogen) atoms. The molecule has 0 amide bonds. The summed E-state index contributed by atoms with van der Waals surface area (Å²) in [7, 11) is 0. The van der Waals surface area contributed by atoms with E-state index in [9.17, 15) is 24.0 Å². The fraction of sp³-hybridized carbons (Fsp3) is 0.136. The van der Waals surface area contributed by atoms with Gasteiger partial charge in [0.25, 0.3) is 0 Å². The number of rotatable bonds is 7. The summed E-state index contributed by atoms with van der Waals surface area (Å²) in [5.41, 5.74) is 0.488. The lowest BCUT2D eigenvalue weighted by atomic mass is 10.2. The van der Waals surface area contributed by atoms with Gasteiger partial charge in [0.2, 0.25) is 0 Å². The maximum atomic E-state index is 12.1. The van der Waals surface area contributed by atoms with E-state index < -0.39 is 36.5 Å².